The van der Waals surface area contributed by atoms with Gasteiger partial charge in [0.25, 0.3) is 0 Å². The van der Waals surface area contributed by atoms with Gasteiger partial charge < -0.3 is 10.5 Å². The lowest BCUT2D eigenvalue weighted by Gasteiger charge is -2.11. The molecule has 21 heavy (non-hydrogen) atoms. The highest BCUT2D eigenvalue weighted by molar-refractivity contribution is 6.35. The molecule has 3 nitrogen and oxygen atoms in total. The summed E-state index contributed by atoms with van der Waals surface area (Å²) in [5.41, 5.74) is 8.66. The van der Waals surface area contributed by atoms with Crippen molar-refractivity contribution in [3.63, 3.8) is 0 Å². The Hall–Kier alpha value is -2.10. The Morgan fingerprint density at radius 2 is 2.05 bits per heavy atom. The highest BCUT2D eigenvalue weighted by Gasteiger charge is 2.08. The molecular weight excluding hydrogens is 284 g/mol. The molecule has 0 aliphatic carbocycles. The smallest absolute Gasteiger partial charge is 0.153 e. The fraction of sp³-hybridized carbons (Fsp3) is 0.118. The molecule has 3 aromatic rings. The first-order chi connectivity index (χ1) is 10.2. The van der Waals surface area contributed by atoms with Crippen molar-refractivity contribution in [2.75, 3.05) is 0 Å². The normalized spacial score (nSPS) is 10.8. The zero-order chi connectivity index (χ0) is 14.8. The van der Waals surface area contributed by atoms with Crippen LogP contribution in [0.25, 0.3) is 10.9 Å². The van der Waals surface area contributed by atoms with Crippen LogP contribution in [0.4, 0.5) is 0 Å². The van der Waals surface area contributed by atoms with Gasteiger partial charge in [0.15, 0.2) is 5.75 Å². The van der Waals surface area contributed by atoms with Crippen LogP contribution in [0, 0.1) is 6.92 Å². The fourth-order valence-corrected chi connectivity index (χ4v) is 2.50. The third-order valence-electron chi connectivity index (χ3n) is 3.44. The van der Waals surface area contributed by atoms with Crippen molar-refractivity contribution >= 4 is 22.5 Å². The Kier molecular flexibility index (Phi) is 3.78. The summed E-state index contributed by atoms with van der Waals surface area (Å²) < 4.78 is 5.96. The van der Waals surface area contributed by atoms with Gasteiger partial charge in [0.2, 0.25) is 0 Å². The maximum absolute atomic E-state index is 6.19. The van der Waals surface area contributed by atoms with Crippen LogP contribution >= 0.6 is 11.6 Å². The highest BCUT2D eigenvalue weighted by Crippen LogP contribution is 2.33. The molecule has 0 bridgehead atoms. The third kappa shape index (κ3) is 2.71. The molecule has 2 aromatic carbocycles. The fourth-order valence-electron chi connectivity index (χ4n) is 2.28. The number of hydrogen-bond acceptors (Lipinski definition) is 3. The number of nitrogens with zero attached hydrogens (tertiary/aromatic N) is 1. The average Bonchev–Trinajstić information content (AvgIpc) is 2.51. The number of aromatic nitrogens is 1. The standard InChI is InChI=1S/C17H15ClN2O/c1-11-9-13(5-4-12(11)10-19)21-16-7-6-15(18)14-3-2-8-20-17(14)16/h2-9H,10,19H2,1H3. The van der Waals surface area contributed by atoms with Gasteiger partial charge in [-0.15, -0.1) is 0 Å². The van der Waals surface area contributed by atoms with E-state index in [2.05, 4.69) is 4.98 Å². The predicted octanol–water partition coefficient (Wildman–Crippen LogP) is 4.45. The number of rotatable bonds is 3. The van der Waals surface area contributed by atoms with Crippen molar-refractivity contribution in [1.82, 2.24) is 4.98 Å². The molecule has 3 rings (SSSR count). The SMILES string of the molecule is Cc1cc(Oc2ccc(Cl)c3cccnc23)ccc1CN. The number of ether oxygens (including phenoxy) is 1. The lowest BCUT2D eigenvalue weighted by molar-refractivity contribution is 0.486. The molecular formula is C17H15ClN2O. The van der Waals surface area contributed by atoms with E-state index in [0.717, 1.165) is 27.8 Å². The van der Waals surface area contributed by atoms with E-state index < -0.39 is 0 Å². The summed E-state index contributed by atoms with van der Waals surface area (Å²) in [6.07, 6.45) is 1.73. The van der Waals surface area contributed by atoms with Crippen LogP contribution < -0.4 is 10.5 Å². The molecule has 0 amide bonds. The summed E-state index contributed by atoms with van der Waals surface area (Å²) in [5, 5.41) is 1.55. The summed E-state index contributed by atoms with van der Waals surface area (Å²) >= 11 is 6.19. The molecule has 0 aliphatic rings. The lowest BCUT2D eigenvalue weighted by atomic mass is 10.1. The van der Waals surface area contributed by atoms with Crippen LogP contribution in [0.1, 0.15) is 11.1 Å². The summed E-state index contributed by atoms with van der Waals surface area (Å²) in [4.78, 5) is 4.36. The van der Waals surface area contributed by atoms with E-state index in [0.29, 0.717) is 17.3 Å². The average molecular weight is 299 g/mol. The minimum absolute atomic E-state index is 0.525. The molecule has 0 spiro atoms. The van der Waals surface area contributed by atoms with Gasteiger partial charge in [-0.2, -0.15) is 0 Å². The largest absolute Gasteiger partial charge is 0.455 e. The van der Waals surface area contributed by atoms with E-state index in [9.17, 15) is 0 Å². The minimum Gasteiger partial charge on any atom is -0.455 e. The predicted molar refractivity (Wildman–Crippen MR) is 85.9 cm³/mol. The van der Waals surface area contributed by atoms with Gasteiger partial charge in [-0.25, -0.2) is 0 Å². The van der Waals surface area contributed by atoms with Gasteiger partial charge in [0.1, 0.15) is 11.3 Å². The van der Waals surface area contributed by atoms with E-state index in [4.69, 9.17) is 22.1 Å². The number of pyridine rings is 1. The van der Waals surface area contributed by atoms with Crippen LogP contribution in [0.2, 0.25) is 5.02 Å². The van der Waals surface area contributed by atoms with Crippen molar-refractivity contribution in [1.29, 1.82) is 0 Å². The molecule has 0 saturated heterocycles. The zero-order valence-electron chi connectivity index (χ0n) is 11.6. The van der Waals surface area contributed by atoms with Gasteiger partial charge >= 0.3 is 0 Å². The number of benzene rings is 2. The summed E-state index contributed by atoms with van der Waals surface area (Å²) in [6.45, 7) is 2.55. The van der Waals surface area contributed by atoms with E-state index in [-0.39, 0.29) is 0 Å². The second kappa shape index (κ2) is 5.72. The molecule has 0 fully saturated rings. The van der Waals surface area contributed by atoms with Gasteiger partial charge in [0.05, 0.1) is 5.02 Å². The molecule has 0 radical (unpaired) electrons. The van der Waals surface area contributed by atoms with Crippen LogP contribution in [0.15, 0.2) is 48.7 Å². The molecule has 106 valence electrons. The van der Waals surface area contributed by atoms with Gasteiger partial charge in [-0.05, 0) is 54.4 Å². The number of hydrogen-bond donors (Lipinski definition) is 1. The van der Waals surface area contributed by atoms with Gasteiger partial charge in [0, 0.05) is 18.1 Å². The minimum atomic E-state index is 0.525. The quantitative estimate of drug-likeness (QED) is 0.777. The van der Waals surface area contributed by atoms with Crippen LogP contribution in [0.3, 0.4) is 0 Å². The van der Waals surface area contributed by atoms with Crippen LogP contribution in [-0.4, -0.2) is 4.98 Å². The first-order valence-corrected chi connectivity index (χ1v) is 7.07. The summed E-state index contributed by atoms with van der Waals surface area (Å²) in [6, 6.07) is 13.3. The van der Waals surface area contributed by atoms with Gasteiger partial charge in [-0.1, -0.05) is 17.7 Å². The molecule has 1 heterocycles. The van der Waals surface area contributed by atoms with E-state index in [1.807, 2.05) is 49.4 Å². The summed E-state index contributed by atoms with van der Waals surface area (Å²) in [7, 11) is 0. The number of fused-ring (bicyclic) bond motifs is 1. The maximum atomic E-state index is 6.19. The van der Waals surface area contributed by atoms with Crippen molar-refractivity contribution in [2.45, 2.75) is 13.5 Å². The number of nitrogens with two attached hydrogens (primary N) is 1. The molecule has 0 atom stereocenters. The number of halogens is 1. The highest BCUT2D eigenvalue weighted by atomic mass is 35.5. The zero-order valence-corrected chi connectivity index (χ0v) is 12.4. The van der Waals surface area contributed by atoms with Crippen LogP contribution in [0.5, 0.6) is 11.5 Å². The molecule has 1 aromatic heterocycles. The number of aryl methyl sites for hydroxylation is 1. The molecule has 4 heteroatoms. The molecule has 2 N–H and O–H groups in total. The van der Waals surface area contributed by atoms with E-state index in [1.165, 1.54) is 0 Å². The molecule has 0 aliphatic heterocycles. The Morgan fingerprint density at radius 3 is 2.81 bits per heavy atom. The Labute approximate surface area is 128 Å². The first-order valence-electron chi connectivity index (χ1n) is 6.69. The maximum Gasteiger partial charge on any atom is 0.153 e. The Morgan fingerprint density at radius 1 is 1.19 bits per heavy atom. The van der Waals surface area contributed by atoms with Crippen molar-refractivity contribution in [2.24, 2.45) is 5.73 Å². The van der Waals surface area contributed by atoms with Crippen molar-refractivity contribution < 1.29 is 4.74 Å². The monoisotopic (exact) mass is 298 g/mol. The second-order valence-electron chi connectivity index (χ2n) is 4.84. The lowest BCUT2D eigenvalue weighted by Crippen LogP contribution is -1.99. The van der Waals surface area contributed by atoms with Crippen LogP contribution in [-0.2, 0) is 6.54 Å². The third-order valence-corrected chi connectivity index (χ3v) is 3.77. The van der Waals surface area contributed by atoms with E-state index in [1.54, 1.807) is 6.20 Å². The van der Waals surface area contributed by atoms with Crippen molar-refractivity contribution in [3.8, 4) is 11.5 Å². The molecule has 0 unspecified atom stereocenters. The Bertz CT molecular complexity index is 802. The summed E-state index contributed by atoms with van der Waals surface area (Å²) in [5.74, 6) is 1.45. The van der Waals surface area contributed by atoms with Crippen molar-refractivity contribution in [3.05, 3.63) is 64.8 Å². The Balaban J connectivity index is 2.02. The van der Waals surface area contributed by atoms with E-state index >= 15 is 0 Å². The first kappa shape index (κ1) is 13.9. The second-order valence-corrected chi connectivity index (χ2v) is 5.25. The topological polar surface area (TPSA) is 48.1 Å². The molecule has 0 saturated carbocycles. The van der Waals surface area contributed by atoms with Gasteiger partial charge in [-0.3, -0.25) is 4.98 Å².